The Morgan fingerprint density at radius 1 is 1.50 bits per heavy atom. The third kappa shape index (κ3) is 4.42. The molecule has 1 aromatic heterocycles. The molecule has 0 aliphatic rings. The van der Waals surface area contributed by atoms with Gasteiger partial charge in [-0.1, -0.05) is 19.1 Å². The Morgan fingerprint density at radius 3 is 2.94 bits per heavy atom. The Bertz CT molecular complexity index is 322. The summed E-state index contributed by atoms with van der Waals surface area (Å²) in [4.78, 5) is 11.2. The molecule has 0 saturated carbocycles. The highest BCUT2D eigenvalue weighted by Gasteiger charge is 2.00. The van der Waals surface area contributed by atoms with Gasteiger partial charge in [-0.25, -0.2) is 0 Å². The number of hydrogen-bond acceptors (Lipinski definition) is 3. The lowest BCUT2D eigenvalue weighted by Gasteiger charge is -2.03. The maximum Gasteiger partial charge on any atom is 0.219 e. The van der Waals surface area contributed by atoms with Crippen molar-refractivity contribution in [3.8, 4) is 0 Å². The zero-order chi connectivity index (χ0) is 11.8. The van der Waals surface area contributed by atoms with Gasteiger partial charge >= 0.3 is 0 Å². The first-order valence-corrected chi connectivity index (χ1v) is 5.92. The number of hydrogen-bond donors (Lipinski definition) is 1. The highest BCUT2D eigenvalue weighted by molar-refractivity contribution is 5.75. The van der Waals surface area contributed by atoms with Gasteiger partial charge in [-0.15, -0.1) is 5.10 Å². The molecule has 0 bridgehead atoms. The molecule has 1 N–H and O–H groups in total. The molecule has 0 saturated heterocycles. The third-order valence-electron chi connectivity index (χ3n) is 2.31. The maximum atomic E-state index is 11.2. The van der Waals surface area contributed by atoms with Crippen molar-refractivity contribution in [3.05, 3.63) is 11.9 Å². The van der Waals surface area contributed by atoms with Crippen LogP contribution in [-0.2, 0) is 17.8 Å². The van der Waals surface area contributed by atoms with Crippen molar-refractivity contribution in [1.82, 2.24) is 20.3 Å². The van der Waals surface area contributed by atoms with E-state index in [1.807, 2.05) is 17.8 Å². The van der Waals surface area contributed by atoms with Gasteiger partial charge in [-0.3, -0.25) is 9.48 Å². The van der Waals surface area contributed by atoms with Crippen molar-refractivity contribution in [2.75, 3.05) is 6.54 Å². The van der Waals surface area contributed by atoms with Crippen molar-refractivity contribution < 1.29 is 4.79 Å². The molecule has 0 spiro atoms. The van der Waals surface area contributed by atoms with Gasteiger partial charge in [0.1, 0.15) is 0 Å². The van der Waals surface area contributed by atoms with Crippen LogP contribution in [0.5, 0.6) is 0 Å². The Kier molecular flexibility index (Phi) is 5.53. The molecule has 0 aliphatic carbocycles. The first-order valence-electron chi connectivity index (χ1n) is 5.92. The summed E-state index contributed by atoms with van der Waals surface area (Å²) in [6, 6.07) is 0. The Balaban J connectivity index is 2.13. The van der Waals surface area contributed by atoms with Crippen LogP contribution in [-0.4, -0.2) is 27.4 Å². The van der Waals surface area contributed by atoms with Gasteiger partial charge in [0.15, 0.2) is 0 Å². The van der Waals surface area contributed by atoms with E-state index in [-0.39, 0.29) is 5.91 Å². The van der Waals surface area contributed by atoms with E-state index < -0.39 is 0 Å². The Labute approximate surface area is 96.2 Å². The number of aromatic nitrogens is 3. The van der Waals surface area contributed by atoms with Crippen molar-refractivity contribution in [2.24, 2.45) is 0 Å². The van der Waals surface area contributed by atoms with Crippen molar-refractivity contribution in [2.45, 2.75) is 46.1 Å². The summed E-state index contributed by atoms with van der Waals surface area (Å²) >= 11 is 0. The summed E-state index contributed by atoms with van der Waals surface area (Å²) in [7, 11) is 0. The summed E-state index contributed by atoms with van der Waals surface area (Å²) in [6.07, 6.45) is 5.27. The molecule has 90 valence electrons. The van der Waals surface area contributed by atoms with Crippen LogP contribution in [0.4, 0.5) is 0 Å². The molecule has 0 fully saturated rings. The monoisotopic (exact) mass is 224 g/mol. The fourth-order valence-corrected chi connectivity index (χ4v) is 1.39. The standard InChI is InChI=1S/C11H20N4O/c1-3-6-11(16)12-7-5-8-15-9-10(4-2)13-14-15/h9H,3-8H2,1-2H3,(H,12,16). The predicted molar refractivity (Wildman–Crippen MR) is 61.9 cm³/mol. The SMILES string of the molecule is CCCC(=O)NCCCn1cc(CC)nn1. The average Bonchev–Trinajstić information content (AvgIpc) is 2.73. The first kappa shape index (κ1) is 12.7. The first-order chi connectivity index (χ1) is 7.76. The van der Waals surface area contributed by atoms with Gasteiger partial charge in [-0.2, -0.15) is 0 Å². The smallest absolute Gasteiger partial charge is 0.219 e. The van der Waals surface area contributed by atoms with E-state index in [9.17, 15) is 4.79 Å². The van der Waals surface area contributed by atoms with E-state index in [0.29, 0.717) is 13.0 Å². The molecule has 16 heavy (non-hydrogen) atoms. The molecule has 5 nitrogen and oxygen atoms in total. The minimum Gasteiger partial charge on any atom is -0.356 e. The zero-order valence-corrected chi connectivity index (χ0v) is 10.1. The maximum absolute atomic E-state index is 11.2. The molecule has 0 aromatic carbocycles. The number of amides is 1. The number of nitrogens with zero attached hydrogens (tertiary/aromatic N) is 3. The minimum absolute atomic E-state index is 0.135. The van der Waals surface area contributed by atoms with Crippen LogP contribution in [0.25, 0.3) is 0 Å². The van der Waals surface area contributed by atoms with Crippen molar-refractivity contribution in [3.63, 3.8) is 0 Å². The van der Waals surface area contributed by atoms with Crippen molar-refractivity contribution >= 4 is 5.91 Å². The molecule has 1 amide bonds. The highest BCUT2D eigenvalue weighted by atomic mass is 16.1. The van der Waals surface area contributed by atoms with Crippen LogP contribution < -0.4 is 5.32 Å². The molecule has 1 rings (SSSR count). The van der Waals surface area contributed by atoms with E-state index in [2.05, 4.69) is 22.6 Å². The number of nitrogens with one attached hydrogen (secondary N) is 1. The largest absolute Gasteiger partial charge is 0.356 e. The summed E-state index contributed by atoms with van der Waals surface area (Å²) in [5.41, 5.74) is 1.01. The van der Waals surface area contributed by atoms with Gasteiger partial charge in [-0.05, 0) is 19.3 Å². The molecule has 1 aromatic rings. The van der Waals surface area contributed by atoms with E-state index in [1.165, 1.54) is 0 Å². The lowest BCUT2D eigenvalue weighted by Crippen LogP contribution is -2.24. The molecule has 0 aliphatic heterocycles. The van der Waals surface area contributed by atoms with E-state index in [0.717, 1.165) is 31.5 Å². The second-order valence-electron chi connectivity index (χ2n) is 3.78. The summed E-state index contributed by atoms with van der Waals surface area (Å²) in [5, 5.41) is 10.9. The van der Waals surface area contributed by atoms with Crippen LogP contribution in [0.3, 0.4) is 0 Å². The van der Waals surface area contributed by atoms with Crippen LogP contribution in [0, 0.1) is 0 Å². The number of aryl methyl sites for hydroxylation is 2. The predicted octanol–water partition coefficient (Wildman–Crippen LogP) is 1.15. The summed E-state index contributed by atoms with van der Waals surface area (Å²) < 4.78 is 1.82. The number of carbonyl (C=O) groups is 1. The van der Waals surface area contributed by atoms with Gasteiger partial charge < -0.3 is 5.32 Å². The minimum atomic E-state index is 0.135. The van der Waals surface area contributed by atoms with E-state index in [4.69, 9.17) is 0 Å². The van der Waals surface area contributed by atoms with Crippen LogP contribution in [0.15, 0.2) is 6.20 Å². The highest BCUT2D eigenvalue weighted by Crippen LogP contribution is 1.95. The number of rotatable bonds is 7. The molecule has 0 unspecified atom stereocenters. The fourth-order valence-electron chi connectivity index (χ4n) is 1.39. The molecular formula is C11H20N4O. The Hall–Kier alpha value is -1.39. The van der Waals surface area contributed by atoms with Gasteiger partial charge in [0.05, 0.1) is 5.69 Å². The quantitative estimate of drug-likeness (QED) is 0.707. The number of carbonyl (C=O) groups excluding carboxylic acids is 1. The second-order valence-corrected chi connectivity index (χ2v) is 3.78. The van der Waals surface area contributed by atoms with Crippen LogP contribution >= 0.6 is 0 Å². The van der Waals surface area contributed by atoms with Crippen LogP contribution in [0.1, 0.15) is 38.8 Å². The normalized spacial score (nSPS) is 10.4. The fraction of sp³-hybridized carbons (Fsp3) is 0.727. The summed E-state index contributed by atoms with van der Waals surface area (Å²) in [6.45, 7) is 5.57. The second kappa shape index (κ2) is 6.98. The average molecular weight is 224 g/mol. The molecular weight excluding hydrogens is 204 g/mol. The third-order valence-corrected chi connectivity index (χ3v) is 2.31. The van der Waals surface area contributed by atoms with Gasteiger partial charge in [0.25, 0.3) is 0 Å². The topological polar surface area (TPSA) is 59.8 Å². The molecule has 1 heterocycles. The lowest BCUT2D eigenvalue weighted by molar-refractivity contribution is -0.121. The zero-order valence-electron chi connectivity index (χ0n) is 10.1. The van der Waals surface area contributed by atoms with Gasteiger partial charge in [0, 0.05) is 25.7 Å². The van der Waals surface area contributed by atoms with Crippen molar-refractivity contribution in [1.29, 1.82) is 0 Å². The molecule has 0 atom stereocenters. The lowest BCUT2D eigenvalue weighted by atomic mass is 10.3. The van der Waals surface area contributed by atoms with E-state index >= 15 is 0 Å². The summed E-state index contributed by atoms with van der Waals surface area (Å²) in [5.74, 6) is 0.135. The van der Waals surface area contributed by atoms with Gasteiger partial charge in [0.2, 0.25) is 5.91 Å². The van der Waals surface area contributed by atoms with Crippen LogP contribution in [0.2, 0.25) is 0 Å². The van der Waals surface area contributed by atoms with E-state index in [1.54, 1.807) is 0 Å². The molecule has 0 radical (unpaired) electrons. The Morgan fingerprint density at radius 2 is 2.31 bits per heavy atom. The molecule has 5 heteroatoms.